The van der Waals surface area contributed by atoms with E-state index in [-0.39, 0.29) is 18.8 Å². The molecule has 1 atom stereocenters. The number of hydrogen-bond donors (Lipinski definition) is 3. The number of nitrogens with one attached hydrogen (secondary N) is 2. The van der Waals surface area contributed by atoms with Crippen molar-refractivity contribution in [2.45, 2.75) is 12.5 Å². The van der Waals surface area contributed by atoms with Crippen molar-refractivity contribution in [3.05, 3.63) is 59.8 Å². The van der Waals surface area contributed by atoms with Gasteiger partial charge in [-0.1, -0.05) is 24.3 Å². The lowest BCUT2D eigenvalue weighted by molar-refractivity contribution is -0.127. The van der Waals surface area contributed by atoms with E-state index in [1.807, 2.05) is 50.5 Å². The van der Waals surface area contributed by atoms with Gasteiger partial charge in [-0.2, -0.15) is 0 Å². The SMILES string of the molecule is CN(C)CCNc1cc(C(C=N)=CN)ccc1CC(=O)C1COc2ccccc2O1. The molecule has 7 heteroatoms. The minimum absolute atomic E-state index is 0.0467. The number of nitrogens with zero attached hydrogens (tertiary/aromatic N) is 1. The third-order valence-electron chi connectivity index (χ3n) is 4.89. The van der Waals surface area contributed by atoms with E-state index in [1.54, 1.807) is 6.07 Å². The van der Waals surface area contributed by atoms with Gasteiger partial charge in [-0.25, -0.2) is 0 Å². The van der Waals surface area contributed by atoms with Gasteiger partial charge in [-0.15, -0.1) is 0 Å². The summed E-state index contributed by atoms with van der Waals surface area (Å²) in [5, 5.41) is 10.9. The van der Waals surface area contributed by atoms with E-state index in [9.17, 15) is 4.79 Å². The number of benzene rings is 2. The maximum absolute atomic E-state index is 12.9. The van der Waals surface area contributed by atoms with E-state index in [0.29, 0.717) is 17.1 Å². The van der Waals surface area contributed by atoms with Crippen molar-refractivity contribution in [3.63, 3.8) is 0 Å². The van der Waals surface area contributed by atoms with Crippen LogP contribution in [0.3, 0.4) is 0 Å². The number of Topliss-reactive ketones (excluding diaryl/α,β-unsaturated/α-hetero) is 1. The number of anilines is 1. The van der Waals surface area contributed by atoms with Crippen molar-refractivity contribution < 1.29 is 14.3 Å². The molecule has 0 aliphatic carbocycles. The first-order chi connectivity index (χ1) is 14.5. The van der Waals surface area contributed by atoms with E-state index in [4.69, 9.17) is 20.6 Å². The zero-order valence-electron chi connectivity index (χ0n) is 17.4. The zero-order valence-corrected chi connectivity index (χ0v) is 17.4. The third kappa shape index (κ3) is 5.18. The van der Waals surface area contributed by atoms with E-state index < -0.39 is 6.10 Å². The van der Waals surface area contributed by atoms with Gasteiger partial charge in [0.2, 0.25) is 0 Å². The van der Waals surface area contributed by atoms with Crippen LogP contribution in [0.25, 0.3) is 5.57 Å². The molecule has 1 heterocycles. The maximum atomic E-state index is 12.9. The molecule has 3 rings (SSSR count). The Morgan fingerprint density at radius 1 is 1.27 bits per heavy atom. The monoisotopic (exact) mass is 408 g/mol. The number of fused-ring (bicyclic) bond motifs is 1. The normalized spacial score (nSPS) is 15.7. The molecule has 2 aromatic carbocycles. The van der Waals surface area contributed by atoms with Gasteiger partial charge in [0.05, 0.1) is 0 Å². The Labute approximate surface area is 177 Å². The summed E-state index contributed by atoms with van der Waals surface area (Å²) in [6.45, 7) is 1.77. The van der Waals surface area contributed by atoms with E-state index in [1.165, 1.54) is 12.4 Å². The average molecular weight is 409 g/mol. The smallest absolute Gasteiger partial charge is 0.191 e. The molecule has 0 amide bonds. The molecular weight excluding hydrogens is 380 g/mol. The average Bonchev–Trinajstić information content (AvgIpc) is 2.75. The second kappa shape index (κ2) is 9.93. The molecule has 1 aliphatic rings. The van der Waals surface area contributed by atoms with Gasteiger partial charge in [-0.05, 0) is 43.4 Å². The minimum Gasteiger partial charge on any atom is -0.485 e. The Morgan fingerprint density at radius 3 is 2.73 bits per heavy atom. The summed E-state index contributed by atoms with van der Waals surface area (Å²) in [6.07, 6.45) is 2.19. The topological polar surface area (TPSA) is 101 Å². The predicted molar refractivity (Wildman–Crippen MR) is 119 cm³/mol. The Hall–Kier alpha value is -3.32. The highest BCUT2D eigenvalue weighted by atomic mass is 16.6. The van der Waals surface area contributed by atoms with Crippen LogP contribution < -0.4 is 20.5 Å². The first-order valence-electron chi connectivity index (χ1n) is 9.87. The number of rotatable bonds is 9. The first kappa shape index (κ1) is 21.4. The summed E-state index contributed by atoms with van der Waals surface area (Å²) in [4.78, 5) is 15.0. The van der Waals surface area contributed by atoms with Crippen molar-refractivity contribution in [1.29, 1.82) is 5.41 Å². The van der Waals surface area contributed by atoms with Gasteiger partial charge in [0.15, 0.2) is 23.4 Å². The molecule has 1 unspecified atom stereocenters. The fraction of sp³-hybridized carbons (Fsp3) is 0.304. The highest BCUT2D eigenvalue weighted by molar-refractivity contribution is 6.08. The molecule has 0 bridgehead atoms. The number of carbonyl (C=O) groups is 1. The van der Waals surface area contributed by atoms with Gasteiger partial charge in [0.1, 0.15) is 6.61 Å². The summed E-state index contributed by atoms with van der Waals surface area (Å²) in [7, 11) is 4.01. The number of ether oxygens (including phenoxy) is 2. The number of carbonyl (C=O) groups excluding carboxylic acids is 1. The van der Waals surface area contributed by atoms with Gasteiger partial charge in [0, 0.05) is 43.2 Å². The second-order valence-corrected chi connectivity index (χ2v) is 7.38. The van der Waals surface area contributed by atoms with Crippen LogP contribution in [0.1, 0.15) is 11.1 Å². The van der Waals surface area contributed by atoms with Gasteiger partial charge in [-0.3, -0.25) is 4.79 Å². The number of nitrogens with two attached hydrogens (primary N) is 1. The molecule has 1 aliphatic heterocycles. The van der Waals surface area contributed by atoms with Crippen molar-refractivity contribution in [2.75, 3.05) is 39.1 Å². The van der Waals surface area contributed by atoms with Crippen molar-refractivity contribution in [3.8, 4) is 11.5 Å². The molecular formula is C23H28N4O3. The lowest BCUT2D eigenvalue weighted by Gasteiger charge is -2.25. The van der Waals surface area contributed by atoms with Crippen molar-refractivity contribution >= 4 is 23.3 Å². The predicted octanol–water partition coefficient (Wildman–Crippen LogP) is 2.56. The molecule has 0 aromatic heterocycles. The maximum Gasteiger partial charge on any atom is 0.191 e. The Kier molecular flexibility index (Phi) is 7.08. The molecule has 7 nitrogen and oxygen atoms in total. The Morgan fingerprint density at radius 2 is 2.03 bits per heavy atom. The lowest BCUT2D eigenvalue weighted by Crippen LogP contribution is -2.37. The van der Waals surface area contributed by atoms with Crippen LogP contribution in [-0.4, -0.2) is 56.8 Å². The van der Waals surface area contributed by atoms with Crippen molar-refractivity contribution in [2.24, 2.45) is 5.73 Å². The van der Waals surface area contributed by atoms with Crippen LogP contribution in [0.5, 0.6) is 11.5 Å². The summed E-state index contributed by atoms with van der Waals surface area (Å²) in [5.74, 6) is 1.20. The van der Waals surface area contributed by atoms with Crippen LogP contribution in [0.2, 0.25) is 0 Å². The number of hydrogen-bond acceptors (Lipinski definition) is 7. The zero-order chi connectivity index (χ0) is 21.5. The molecule has 0 saturated carbocycles. The fourth-order valence-electron chi connectivity index (χ4n) is 3.20. The molecule has 4 N–H and O–H groups in total. The molecule has 0 fully saturated rings. The van der Waals surface area contributed by atoms with Crippen LogP contribution in [-0.2, 0) is 11.2 Å². The van der Waals surface area contributed by atoms with Crippen LogP contribution in [0.4, 0.5) is 5.69 Å². The molecule has 0 spiro atoms. The standard InChI is InChI=1S/C23H28N4O3/c1-27(2)10-9-26-19-11-16(18(13-24)14-25)7-8-17(19)12-20(28)23-15-29-21-5-3-4-6-22(21)30-23/h3-8,11,13-14,23-24,26H,9-10,12,15,25H2,1-2H3. The van der Waals surface area contributed by atoms with Gasteiger partial charge >= 0.3 is 0 Å². The van der Waals surface area contributed by atoms with Crippen LogP contribution in [0, 0.1) is 5.41 Å². The highest BCUT2D eigenvalue weighted by Gasteiger charge is 2.27. The fourth-order valence-corrected chi connectivity index (χ4v) is 3.20. The molecule has 0 saturated heterocycles. The summed E-state index contributed by atoms with van der Waals surface area (Å²) in [6, 6.07) is 13.0. The molecule has 158 valence electrons. The lowest BCUT2D eigenvalue weighted by atomic mass is 9.98. The Bertz CT molecular complexity index is 940. The molecule has 0 radical (unpaired) electrons. The Balaban J connectivity index is 1.78. The van der Waals surface area contributed by atoms with Gasteiger partial charge in [0.25, 0.3) is 0 Å². The number of para-hydroxylation sites is 2. The number of likely N-dealkylation sites (N-methyl/N-ethyl adjacent to an activating group) is 1. The van der Waals surface area contributed by atoms with Gasteiger partial charge < -0.3 is 30.8 Å². The van der Waals surface area contributed by atoms with E-state index in [2.05, 4.69) is 10.2 Å². The number of allylic oxidation sites excluding steroid dienone is 1. The molecule has 2 aromatic rings. The number of ketones is 1. The largest absolute Gasteiger partial charge is 0.485 e. The van der Waals surface area contributed by atoms with Crippen LogP contribution >= 0.6 is 0 Å². The third-order valence-corrected chi connectivity index (χ3v) is 4.89. The minimum atomic E-state index is -0.643. The molecule has 30 heavy (non-hydrogen) atoms. The van der Waals surface area contributed by atoms with Crippen LogP contribution in [0.15, 0.2) is 48.7 Å². The highest BCUT2D eigenvalue weighted by Crippen LogP contribution is 2.31. The summed E-state index contributed by atoms with van der Waals surface area (Å²) in [5.41, 5.74) is 8.79. The quantitative estimate of drug-likeness (QED) is 0.552. The van der Waals surface area contributed by atoms with Crippen molar-refractivity contribution in [1.82, 2.24) is 4.90 Å². The summed E-state index contributed by atoms with van der Waals surface area (Å²) < 4.78 is 11.5. The van der Waals surface area contributed by atoms with E-state index in [0.717, 1.165) is 29.9 Å². The first-order valence-corrected chi connectivity index (χ1v) is 9.87. The summed E-state index contributed by atoms with van der Waals surface area (Å²) >= 11 is 0. The van der Waals surface area contributed by atoms with E-state index >= 15 is 0 Å². The second-order valence-electron chi connectivity index (χ2n) is 7.38.